The molecule has 0 amide bonds. The van der Waals surface area contributed by atoms with Crippen LogP contribution in [0.5, 0.6) is 0 Å². The van der Waals surface area contributed by atoms with E-state index < -0.39 is 0 Å². The van der Waals surface area contributed by atoms with Gasteiger partial charge in [0.25, 0.3) is 0 Å². The maximum absolute atomic E-state index is 5.66. The summed E-state index contributed by atoms with van der Waals surface area (Å²) in [4.78, 5) is 2.60. The van der Waals surface area contributed by atoms with E-state index >= 15 is 0 Å². The fourth-order valence-corrected chi connectivity index (χ4v) is 18.0. The summed E-state index contributed by atoms with van der Waals surface area (Å²) in [5.74, 6) is 1.51. The Morgan fingerprint density at radius 3 is 1.04 bits per heavy atom. The van der Waals surface area contributed by atoms with Gasteiger partial charge in [0.15, 0.2) is 0 Å². The minimum atomic E-state index is 0.141. The molecule has 8 aliphatic carbocycles. The Balaban J connectivity index is 0.000000149. The molecule has 2 N–H and O–H groups in total. The molecule has 8 aromatic carbocycles. The third-order valence-corrected chi connectivity index (χ3v) is 22.1. The molecule has 0 aromatic heterocycles. The lowest BCUT2D eigenvalue weighted by Gasteiger charge is -2.37. The van der Waals surface area contributed by atoms with Gasteiger partial charge < -0.3 is 10.6 Å². The van der Waals surface area contributed by atoms with Crippen LogP contribution in [-0.2, 0) is 16.2 Å². The zero-order chi connectivity index (χ0) is 54.4. The molecule has 3 heteroatoms. The van der Waals surface area contributed by atoms with Crippen molar-refractivity contribution in [2.45, 2.75) is 189 Å². The minimum absolute atomic E-state index is 0.141. The zero-order valence-electron chi connectivity index (χ0n) is 48.0. The van der Waals surface area contributed by atoms with Crippen LogP contribution in [0.4, 0.5) is 22.7 Å². The van der Waals surface area contributed by atoms with Gasteiger partial charge in [0.2, 0.25) is 0 Å². The van der Waals surface area contributed by atoms with Crippen molar-refractivity contribution in [2.75, 3.05) is 10.6 Å². The van der Waals surface area contributed by atoms with Gasteiger partial charge in [-0.15, -0.1) is 0 Å². The van der Waals surface area contributed by atoms with Crippen LogP contribution in [0, 0.1) is 0 Å². The molecule has 5 saturated carbocycles. The fraction of sp³-hybridized carbons (Fsp3) is 0.385. The predicted octanol–water partition coefficient (Wildman–Crippen LogP) is 22.7. The Morgan fingerprint density at radius 1 is 0.309 bits per heavy atom. The molecular weight excluding hydrogens is 1040 g/mol. The third-order valence-electron chi connectivity index (χ3n) is 21.6. The Bertz CT molecular complexity index is 3400. The van der Waals surface area contributed by atoms with Gasteiger partial charge >= 0.3 is 0 Å². The van der Waals surface area contributed by atoms with Gasteiger partial charge in [-0.05, 0) is 215 Å². The van der Waals surface area contributed by atoms with Gasteiger partial charge in [0, 0.05) is 43.5 Å². The standard InChI is InChI=1S/C48H49N.C18H17Br.C12H17N/c1-4-14-34(15-5-1)35-20-22-36(23-21-35)49(37-24-26-41-39-16-6-8-18-43(39)47(45(41)32-37)28-10-2-11-29-47)38-25-27-42-40-17-7-9-19-44(40)48(46(42)33-38)30-12-3-13-31-48;19-13-8-9-15-14-6-2-3-7-16(14)18(17(15)12-13)10-4-1-5-11-18;13-12-8-6-11(7-9-12)10-4-2-1-3-5-10/h6-9,16-27,32-34H,1-5,10-15,28-31H2;2-3,6-9,12H,1,4-5,10-11H2;6-10H,1-5,13H2. The Morgan fingerprint density at radius 2 is 0.630 bits per heavy atom. The lowest BCUT2D eigenvalue weighted by Crippen LogP contribution is -2.28. The lowest BCUT2D eigenvalue weighted by molar-refractivity contribution is 0.352. The van der Waals surface area contributed by atoms with E-state index in [9.17, 15) is 0 Å². The molecule has 0 unspecified atom stereocenters. The van der Waals surface area contributed by atoms with Crippen molar-refractivity contribution in [1.29, 1.82) is 0 Å². The van der Waals surface area contributed by atoms with E-state index in [4.69, 9.17) is 5.73 Å². The maximum Gasteiger partial charge on any atom is 0.0465 e. The second-order valence-electron chi connectivity index (χ2n) is 26.0. The third kappa shape index (κ3) is 9.54. The first-order chi connectivity index (χ1) is 39.9. The molecule has 0 saturated heterocycles. The first-order valence-electron chi connectivity index (χ1n) is 32.1. The van der Waals surface area contributed by atoms with E-state index in [-0.39, 0.29) is 10.8 Å². The van der Waals surface area contributed by atoms with Crippen molar-refractivity contribution >= 4 is 38.7 Å². The number of nitrogen functional groups attached to an aromatic ring is 1. The Kier molecular flexibility index (Phi) is 14.7. The molecule has 0 aliphatic heterocycles. The SMILES string of the molecule is Brc1ccc2c(c1)C1(CCCCC1)c1ccccc1-2.Nc1ccc(C2CCCCC2)cc1.c1ccc2c(c1)-c1ccc(N(c3ccc(C4CCCCC4)cc3)c3ccc4c(c3)C3(CCCCC3)c3ccccc3-4)cc1C21CCCCC1. The normalized spacial score (nSPS) is 19.7. The maximum atomic E-state index is 5.66. The predicted molar refractivity (Wildman–Crippen MR) is 346 cm³/mol. The highest BCUT2D eigenvalue weighted by atomic mass is 79.9. The van der Waals surface area contributed by atoms with Crippen LogP contribution < -0.4 is 10.6 Å². The number of nitrogens with zero attached hydrogens (tertiary/aromatic N) is 1. The molecule has 5 fully saturated rings. The fourth-order valence-electron chi connectivity index (χ4n) is 17.7. The van der Waals surface area contributed by atoms with Crippen LogP contribution in [0.25, 0.3) is 33.4 Å². The first-order valence-corrected chi connectivity index (χ1v) is 32.9. The largest absolute Gasteiger partial charge is 0.399 e. The molecule has 3 spiro atoms. The quantitative estimate of drug-likeness (QED) is 0.174. The van der Waals surface area contributed by atoms with Gasteiger partial charge in [-0.2, -0.15) is 0 Å². The van der Waals surface area contributed by atoms with Crippen LogP contribution in [0.1, 0.15) is 217 Å². The van der Waals surface area contributed by atoms with Crippen molar-refractivity contribution in [1.82, 2.24) is 0 Å². The van der Waals surface area contributed by atoms with Crippen LogP contribution >= 0.6 is 15.9 Å². The molecule has 0 bridgehead atoms. The molecule has 412 valence electrons. The number of anilines is 4. The molecule has 8 aromatic rings. The molecule has 8 aliphatic rings. The molecule has 0 radical (unpaired) electrons. The average molecular weight is 1130 g/mol. The number of fused-ring (bicyclic) bond motifs is 15. The molecule has 16 rings (SSSR count). The summed E-state index contributed by atoms with van der Waals surface area (Å²) in [6.07, 6.45) is 33.5. The number of hydrogen-bond donors (Lipinski definition) is 1. The second-order valence-corrected chi connectivity index (χ2v) is 26.9. The number of hydrogen-bond acceptors (Lipinski definition) is 2. The topological polar surface area (TPSA) is 29.3 Å². The van der Waals surface area contributed by atoms with E-state index in [2.05, 4.69) is 185 Å². The van der Waals surface area contributed by atoms with Crippen LogP contribution in [0.15, 0.2) is 180 Å². The summed E-state index contributed by atoms with van der Waals surface area (Å²) in [6, 6.07) is 67.7. The van der Waals surface area contributed by atoms with Crippen molar-refractivity contribution in [2.24, 2.45) is 0 Å². The highest BCUT2D eigenvalue weighted by molar-refractivity contribution is 9.10. The molecule has 0 atom stereocenters. The summed E-state index contributed by atoms with van der Waals surface area (Å²) >= 11 is 3.66. The molecule has 81 heavy (non-hydrogen) atoms. The van der Waals surface area contributed by atoms with Gasteiger partial charge in [-0.1, -0.05) is 228 Å². The van der Waals surface area contributed by atoms with E-state index in [1.807, 2.05) is 12.1 Å². The summed E-state index contributed by atoms with van der Waals surface area (Å²) in [5, 5.41) is 0. The summed E-state index contributed by atoms with van der Waals surface area (Å²) in [5.41, 5.74) is 32.2. The van der Waals surface area contributed by atoms with Gasteiger partial charge in [-0.25, -0.2) is 0 Å². The lowest BCUT2D eigenvalue weighted by atomic mass is 9.67. The molecular formula is C78H83BrN2. The number of halogens is 1. The average Bonchev–Trinajstić information content (AvgIpc) is 2.76. The van der Waals surface area contributed by atoms with Crippen molar-refractivity contribution in [3.05, 3.63) is 225 Å². The van der Waals surface area contributed by atoms with Crippen LogP contribution in [0.3, 0.4) is 0 Å². The Hall–Kier alpha value is -6.16. The summed E-state index contributed by atoms with van der Waals surface area (Å²) < 4.78 is 1.21. The van der Waals surface area contributed by atoms with E-state index in [1.54, 1.807) is 33.4 Å². The van der Waals surface area contributed by atoms with E-state index in [0.29, 0.717) is 11.3 Å². The van der Waals surface area contributed by atoms with E-state index in [0.717, 1.165) is 11.6 Å². The Labute approximate surface area is 493 Å². The van der Waals surface area contributed by atoms with Crippen molar-refractivity contribution in [3.63, 3.8) is 0 Å². The zero-order valence-corrected chi connectivity index (χ0v) is 49.6. The number of rotatable bonds is 5. The van der Waals surface area contributed by atoms with Gasteiger partial charge in [-0.3, -0.25) is 0 Å². The van der Waals surface area contributed by atoms with Crippen molar-refractivity contribution < 1.29 is 0 Å². The second kappa shape index (κ2) is 22.5. The highest BCUT2D eigenvalue weighted by Crippen LogP contribution is 2.60. The molecule has 2 nitrogen and oxygen atoms in total. The summed E-state index contributed by atoms with van der Waals surface area (Å²) in [7, 11) is 0. The van der Waals surface area contributed by atoms with Gasteiger partial charge in [0.1, 0.15) is 0 Å². The van der Waals surface area contributed by atoms with Gasteiger partial charge in [0.05, 0.1) is 0 Å². The minimum Gasteiger partial charge on any atom is -0.399 e. The highest BCUT2D eigenvalue weighted by Gasteiger charge is 2.47. The number of nitrogens with two attached hydrogens (primary N) is 1. The summed E-state index contributed by atoms with van der Waals surface area (Å²) in [6.45, 7) is 0. The van der Waals surface area contributed by atoms with Crippen molar-refractivity contribution in [3.8, 4) is 33.4 Å². The first kappa shape index (κ1) is 52.9. The monoisotopic (exact) mass is 1130 g/mol. The van der Waals surface area contributed by atoms with Crippen LogP contribution in [0.2, 0.25) is 0 Å². The number of benzene rings is 8. The van der Waals surface area contributed by atoms with E-state index in [1.165, 1.54) is 227 Å². The molecule has 0 heterocycles. The van der Waals surface area contributed by atoms with Crippen LogP contribution in [-0.4, -0.2) is 0 Å². The smallest absolute Gasteiger partial charge is 0.0465 e.